The van der Waals surface area contributed by atoms with E-state index in [2.05, 4.69) is 0 Å². The predicted octanol–water partition coefficient (Wildman–Crippen LogP) is 1.36. The number of ether oxygens (including phenoxy) is 1. The predicted molar refractivity (Wildman–Crippen MR) is 84.9 cm³/mol. The number of ketones is 2. The van der Waals surface area contributed by atoms with Gasteiger partial charge in [0.2, 0.25) is 17.5 Å². The van der Waals surface area contributed by atoms with Crippen LogP contribution in [0.25, 0.3) is 0 Å². The molecule has 2 aliphatic carbocycles. The van der Waals surface area contributed by atoms with Crippen LogP contribution in [-0.4, -0.2) is 48.5 Å². The maximum Gasteiger partial charge on any atom is 0.308 e. The van der Waals surface area contributed by atoms with Crippen LogP contribution in [0.2, 0.25) is 0 Å². The van der Waals surface area contributed by atoms with Crippen molar-refractivity contribution in [3.8, 4) is 0 Å². The van der Waals surface area contributed by atoms with Crippen LogP contribution < -0.4 is 0 Å². The van der Waals surface area contributed by atoms with Gasteiger partial charge < -0.3 is 9.64 Å². The number of likely N-dealkylation sites (tertiary alicyclic amines) is 1. The van der Waals surface area contributed by atoms with Crippen LogP contribution in [-0.2, 0) is 23.9 Å². The molecule has 1 saturated heterocycles. The molecule has 24 heavy (non-hydrogen) atoms. The number of fused-ring (bicyclic) bond motifs is 2. The summed E-state index contributed by atoms with van der Waals surface area (Å²) in [5, 5.41) is 0. The van der Waals surface area contributed by atoms with Gasteiger partial charge in [-0.05, 0) is 31.1 Å². The van der Waals surface area contributed by atoms with Crippen LogP contribution in [0.5, 0.6) is 0 Å². The van der Waals surface area contributed by atoms with E-state index in [0.717, 1.165) is 0 Å². The maximum absolute atomic E-state index is 13.3. The van der Waals surface area contributed by atoms with Crippen LogP contribution in [0.15, 0.2) is 0 Å². The molecule has 0 aromatic carbocycles. The molecule has 2 bridgehead atoms. The maximum atomic E-state index is 13.3. The number of piperidine rings is 1. The molecule has 1 amide bonds. The zero-order valence-electron chi connectivity index (χ0n) is 14.8. The molecular weight excluding hydrogens is 310 g/mol. The average molecular weight is 335 g/mol. The molecule has 0 N–H and O–H groups in total. The van der Waals surface area contributed by atoms with Crippen LogP contribution in [0.1, 0.15) is 46.5 Å². The highest BCUT2D eigenvalue weighted by molar-refractivity contribution is 6.48. The van der Waals surface area contributed by atoms with Crippen LogP contribution in [0.3, 0.4) is 0 Å². The number of carbonyl (C=O) groups excluding carboxylic acids is 4. The van der Waals surface area contributed by atoms with Gasteiger partial charge in [-0.1, -0.05) is 20.8 Å². The molecule has 6 heteroatoms. The molecule has 3 aliphatic rings. The molecule has 3 rings (SSSR count). The molecule has 0 unspecified atom stereocenters. The van der Waals surface area contributed by atoms with Gasteiger partial charge in [0.1, 0.15) is 5.41 Å². The van der Waals surface area contributed by atoms with Crippen molar-refractivity contribution in [3.63, 3.8) is 0 Å². The SMILES string of the molecule is COC(=O)C1CCN(C(=O)[C@]23CC[C@@](C)(C(=O)C2=O)C3(C)C)CC1. The molecule has 0 aromatic rings. The Bertz CT molecular complexity index is 631. The highest BCUT2D eigenvalue weighted by Crippen LogP contribution is 2.69. The van der Waals surface area contributed by atoms with E-state index in [4.69, 9.17) is 4.74 Å². The summed E-state index contributed by atoms with van der Waals surface area (Å²) < 4.78 is 4.77. The fraction of sp³-hybridized carbons (Fsp3) is 0.778. The number of carbonyl (C=O) groups is 4. The van der Waals surface area contributed by atoms with Gasteiger partial charge in [0.15, 0.2) is 0 Å². The summed E-state index contributed by atoms with van der Waals surface area (Å²) in [5.74, 6) is -1.58. The third kappa shape index (κ3) is 1.77. The number of nitrogens with zero attached hydrogens (tertiary/aromatic N) is 1. The first-order valence-electron chi connectivity index (χ1n) is 8.60. The van der Waals surface area contributed by atoms with Crippen LogP contribution in [0, 0.1) is 22.2 Å². The summed E-state index contributed by atoms with van der Waals surface area (Å²) in [5.41, 5.74) is -2.65. The summed E-state index contributed by atoms with van der Waals surface area (Å²) in [4.78, 5) is 51.8. The van der Waals surface area contributed by atoms with Crippen molar-refractivity contribution in [3.05, 3.63) is 0 Å². The molecule has 1 aliphatic heterocycles. The number of Topliss-reactive ketones (excluding diaryl/α,β-unsaturated/α-hetero) is 2. The Morgan fingerprint density at radius 1 is 1.04 bits per heavy atom. The standard InChI is InChI=1S/C18H25NO5/c1-16(2)17(3)7-8-18(16,13(21)12(17)20)15(23)19-9-5-11(6-10-19)14(22)24-4/h11H,5-10H2,1-4H3/t17-,18-/m0/s1. The topological polar surface area (TPSA) is 80.8 Å². The van der Waals surface area contributed by atoms with Crippen molar-refractivity contribution >= 4 is 23.4 Å². The van der Waals surface area contributed by atoms with E-state index in [1.54, 1.807) is 4.90 Å². The molecule has 0 aromatic heterocycles. The highest BCUT2D eigenvalue weighted by atomic mass is 16.5. The monoisotopic (exact) mass is 335 g/mol. The lowest BCUT2D eigenvalue weighted by atomic mass is 9.64. The lowest BCUT2D eigenvalue weighted by Crippen LogP contribution is -2.54. The molecule has 0 radical (unpaired) electrons. The van der Waals surface area contributed by atoms with E-state index in [-0.39, 0.29) is 17.8 Å². The minimum Gasteiger partial charge on any atom is -0.469 e. The molecular formula is C18H25NO5. The third-order valence-corrected chi connectivity index (χ3v) is 7.22. The minimum absolute atomic E-state index is 0.195. The normalized spacial score (nSPS) is 35.4. The molecule has 2 saturated carbocycles. The number of hydrogen-bond donors (Lipinski definition) is 0. The summed E-state index contributed by atoms with van der Waals surface area (Å²) >= 11 is 0. The average Bonchev–Trinajstić information content (AvgIpc) is 2.85. The smallest absolute Gasteiger partial charge is 0.308 e. The van der Waals surface area contributed by atoms with Crippen molar-refractivity contribution < 1.29 is 23.9 Å². The second kappa shape index (κ2) is 5.14. The second-order valence-corrected chi connectivity index (χ2v) is 8.11. The molecule has 6 nitrogen and oxygen atoms in total. The summed E-state index contributed by atoms with van der Waals surface area (Å²) in [6, 6.07) is 0. The van der Waals surface area contributed by atoms with Gasteiger partial charge in [-0.2, -0.15) is 0 Å². The molecule has 2 atom stereocenters. The fourth-order valence-corrected chi connectivity index (χ4v) is 5.00. The largest absolute Gasteiger partial charge is 0.469 e. The van der Waals surface area contributed by atoms with Gasteiger partial charge in [0, 0.05) is 18.5 Å². The Morgan fingerprint density at radius 2 is 1.62 bits per heavy atom. The van der Waals surface area contributed by atoms with Crippen LogP contribution in [0.4, 0.5) is 0 Å². The van der Waals surface area contributed by atoms with Crippen molar-refractivity contribution in [2.45, 2.75) is 46.5 Å². The van der Waals surface area contributed by atoms with Crippen molar-refractivity contribution in [1.29, 1.82) is 0 Å². The van der Waals surface area contributed by atoms with E-state index in [1.807, 2.05) is 20.8 Å². The molecule has 3 fully saturated rings. The van der Waals surface area contributed by atoms with E-state index >= 15 is 0 Å². The Hall–Kier alpha value is -1.72. The highest BCUT2D eigenvalue weighted by Gasteiger charge is 2.78. The zero-order valence-corrected chi connectivity index (χ0v) is 14.8. The summed E-state index contributed by atoms with van der Waals surface area (Å²) in [6.07, 6.45) is 2.09. The third-order valence-electron chi connectivity index (χ3n) is 7.22. The van der Waals surface area contributed by atoms with Gasteiger partial charge in [0.05, 0.1) is 13.0 Å². The summed E-state index contributed by atoms with van der Waals surface area (Å²) in [7, 11) is 1.36. The lowest BCUT2D eigenvalue weighted by Gasteiger charge is -2.41. The fourth-order valence-electron chi connectivity index (χ4n) is 5.00. The quantitative estimate of drug-likeness (QED) is 0.432. The van der Waals surface area contributed by atoms with E-state index < -0.39 is 27.8 Å². The first-order valence-corrected chi connectivity index (χ1v) is 8.60. The molecule has 0 spiro atoms. The number of hydrogen-bond acceptors (Lipinski definition) is 5. The molecule has 1 heterocycles. The van der Waals surface area contributed by atoms with Crippen molar-refractivity contribution in [2.24, 2.45) is 22.2 Å². The van der Waals surface area contributed by atoms with Gasteiger partial charge in [-0.3, -0.25) is 19.2 Å². The number of rotatable bonds is 2. The summed E-state index contributed by atoms with van der Waals surface area (Å²) in [6.45, 7) is 6.42. The van der Waals surface area contributed by atoms with Gasteiger partial charge >= 0.3 is 5.97 Å². The number of amides is 1. The van der Waals surface area contributed by atoms with E-state index in [1.165, 1.54) is 7.11 Å². The Labute approximate surface area is 141 Å². The van der Waals surface area contributed by atoms with E-state index in [9.17, 15) is 19.2 Å². The number of methoxy groups -OCH3 is 1. The molecule has 132 valence electrons. The number of esters is 1. The Kier molecular flexibility index (Phi) is 3.66. The minimum atomic E-state index is -1.23. The van der Waals surface area contributed by atoms with E-state index in [0.29, 0.717) is 38.8 Å². The van der Waals surface area contributed by atoms with Crippen molar-refractivity contribution in [2.75, 3.05) is 20.2 Å². The Morgan fingerprint density at radius 3 is 2.08 bits per heavy atom. The lowest BCUT2D eigenvalue weighted by molar-refractivity contribution is -0.158. The van der Waals surface area contributed by atoms with Gasteiger partial charge in [0.25, 0.3) is 0 Å². The first-order chi connectivity index (χ1) is 11.1. The second-order valence-electron chi connectivity index (χ2n) is 8.11. The van der Waals surface area contributed by atoms with Gasteiger partial charge in [-0.25, -0.2) is 0 Å². The Balaban J connectivity index is 1.85. The first kappa shape index (κ1) is 17.1. The van der Waals surface area contributed by atoms with Crippen LogP contribution >= 0.6 is 0 Å². The zero-order chi connectivity index (χ0) is 17.9. The van der Waals surface area contributed by atoms with Gasteiger partial charge in [-0.15, -0.1) is 0 Å². The van der Waals surface area contributed by atoms with Crippen molar-refractivity contribution in [1.82, 2.24) is 4.90 Å².